The summed E-state index contributed by atoms with van der Waals surface area (Å²) < 4.78 is 36.9. The normalized spacial score (nSPS) is 15.1. The van der Waals surface area contributed by atoms with Gasteiger partial charge in [-0.15, -0.1) is 0 Å². The molecule has 0 spiro atoms. The molecule has 9 nitrogen and oxygen atoms in total. The molecule has 1 heterocycles. The van der Waals surface area contributed by atoms with Crippen LogP contribution in [0.4, 0.5) is 5.69 Å². The average Bonchev–Trinajstić information content (AvgIpc) is 2.60. The van der Waals surface area contributed by atoms with Crippen LogP contribution in [0.3, 0.4) is 0 Å². The van der Waals surface area contributed by atoms with E-state index in [0.29, 0.717) is 6.42 Å². The highest BCUT2D eigenvalue weighted by Gasteiger charge is 2.29. The Hall–Kier alpha value is -2.46. The molecule has 10 heteroatoms. The zero-order valence-corrected chi connectivity index (χ0v) is 15.3. The molecule has 1 saturated heterocycles. The van der Waals surface area contributed by atoms with Gasteiger partial charge in [0.05, 0.1) is 19.4 Å². The van der Waals surface area contributed by atoms with Gasteiger partial charge in [-0.3, -0.25) is 19.3 Å². The lowest BCUT2D eigenvalue weighted by Crippen LogP contribution is -2.40. The van der Waals surface area contributed by atoms with Crippen molar-refractivity contribution in [1.82, 2.24) is 4.72 Å². The maximum Gasteiger partial charge on any atom is 0.321 e. The van der Waals surface area contributed by atoms with Crippen LogP contribution in [0.15, 0.2) is 23.1 Å². The van der Waals surface area contributed by atoms with E-state index in [2.05, 4.69) is 9.46 Å². The maximum atomic E-state index is 12.5. The molecule has 1 aromatic carbocycles. The molecule has 2 amide bonds. The highest BCUT2D eigenvalue weighted by Crippen LogP contribution is 2.30. The van der Waals surface area contributed by atoms with Gasteiger partial charge in [-0.25, -0.2) is 8.42 Å². The maximum absolute atomic E-state index is 12.5. The van der Waals surface area contributed by atoms with Crippen LogP contribution >= 0.6 is 0 Å². The van der Waals surface area contributed by atoms with Gasteiger partial charge in [-0.05, 0) is 31.5 Å². The molecule has 142 valence electrons. The van der Waals surface area contributed by atoms with E-state index in [-0.39, 0.29) is 35.8 Å². The molecule has 0 saturated carbocycles. The molecule has 0 aromatic heterocycles. The van der Waals surface area contributed by atoms with Gasteiger partial charge in [0, 0.05) is 12.8 Å². The zero-order valence-electron chi connectivity index (χ0n) is 14.5. The fourth-order valence-corrected chi connectivity index (χ4v) is 3.66. The van der Waals surface area contributed by atoms with Crippen LogP contribution in [0, 0.1) is 0 Å². The molecular weight excluding hydrogens is 364 g/mol. The molecule has 0 bridgehead atoms. The summed E-state index contributed by atoms with van der Waals surface area (Å²) in [4.78, 5) is 36.2. The van der Waals surface area contributed by atoms with Gasteiger partial charge in [-0.2, -0.15) is 4.72 Å². The van der Waals surface area contributed by atoms with Crippen LogP contribution in [-0.4, -0.2) is 46.5 Å². The van der Waals surface area contributed by atoms with Crippen LogP contribution in [0.25, 0.3) is 0 Å². The lowest BCUT2D eigenvalue weighted by molar-refractivity contribution is -0.141. The smallest absolute Gasteiger partial charge is 0.321 e. The van der Waals surface area contributed by atoms with Crippen molar-refractivity contribution < 1.29 is 32.3 Å². The largest absolute Gasteiger partial charge is 0.495 e. The lowest BCUT2D eigenvalue weighted by atomic mass is 10.1. The summed E-state index contributed by atoms with van der Waals surface area (Å²) in [5, 5.41) is 0. The molecule has 1 N–H and O–H groups in total. The topological polar surface area (TPSA) is 119 Å². The molecule has 0 radical (unpaired) electrons. The predicted octanol–water partition coefficient (Wildman–Crippen LogP) is 0.580. The van der Waals surface area contributed by atoms with Crippen molar-refractivity contribution in [1.29, 1.82) is 0 Å². The number of benzene rings is 1. The molecule has 0 aliphatic carbocycles. The fourth-order valence-electron chi connectivity index (χ4n) is 2.50. The number of hydrogen-bond acceptors (Lipinski definition) is 7. The average molecular weight is 384 g/mol. The molecule has 1 aromatic rings. The van der Waals surface area contributed by atoms with Crippen molar-refractivity contribution in [3.8, 4) is 5.75 Å². The second-order valence-corrected chi connectivity index (χ2v) is 7.18. The van der Waals surface area contributed by atoms with E-state index in [1.54, 1.807) is 6.92 Å². The van der Waals surface area contributed by atoms with Gasteiger partial charge in [0.15, 0.2) is 0 Å². The Bertz CT molecular complexity index is 804. The van der Waals surface area contributed by atoms with Crippen LogP contribution in [-0.2, 0) is 29.1 Å². The third-order valence-electron chi connectivity index (χ3n) is 3.69. The number of ether oxygens (including phenoxy) is 2. The van der Waals surface area contributed by atoms with Crippen molar-refractivity contribution in [3.63, 3.8) is 0 Å². The summed E-state index contributed by atoms with van der Waals surface area (Å²) in [5.41, 5.74) is 0.136. The van der Waals surface area contributed by atoms with E-state index in [0.717, 1.165) is 4.90 Å². The van der Waals surface area contributed by atoms with E-state index in [9.17, 15) is 22.8 Å². The Morgan fingerprint density at radius 2 is 1.88 bits per heavy atom. The first-order valence-corrected chi connectivity index (χ1v) is 9.47. The van der Waals surface area contributed by atoms with Crippen LogP contribution in [0.5, 0.6) is 5.75 Å². The molecule has 26 heavy (non-hydrogen) atoms. The quantitative estimate of drug-likeness (QED) is 0.539. The number of nitrogens with zero attached hydrogens (tertiary/aromatic N) is 1. The Morgan fingerprint density at radius 1 is 1.23 bits per heavy atom. The first-order chi connectivity index (χ1) is 12.3. The Balaban J connectivity index is 2.36. The molecule has 0 unspecified atom stereocenters. The number of amides is 2. The first kappa shape index (κ1) is 19.9. The van der Waals surface area contributed by atoms with Gasteiger partial charge < -0.3 is 9.47 Å². The molecule has 1 aliphatic heterocycles. The Kier molecular flexibility index (Phi) is 6.32. The lowest BCUT2D eigenvalue weighted by Gasteiger charge is -2.25. The van der Waals surface area contributed by atoms with E-state index < -0.39 is 34.4 Å². The number of anilines is 1. The predicted molar refractivity (Wildman–Crippen MR) is 91.2 cm³/mol. The standard InChI is InChI=1S/C16H20N2O7S/c1-3-25-16(21)10-17-26(22,23)13-9-11(7-8-12(13)24-2)18-14(19)5-4-6-15(18)20/h7-9,17H,3-6,10H2,1-2H3. The highest BCUT2D eigenvalue weighted by molar-refractivity contribution is 7.89. The minimum Gasteiger partial charge on any atom is -0.495 e. The SMILES string of the molecule is CCOC(=O)CNS(=O)(=O)c1cc(N2C(=O)CCCC2=O)ccc1OC. The number of methoxy groups -OCH3 is 1. The Labute approximate surface area is 151 Å². The van der Waals surface area contributed by atoms with Crippen molar-refractivity contribution in [2.24, 2.45) is 0 Å². The number of nitrogens with one attached hydrogen (secondary N) is 1. The van der Waals surface area contributed by atoms with Crippen molar-refractivity contribution in [3.05, 3.63) is 18.2 Å². The van der Waals surface area contributed by atoms with Gasteiger partial charge in [-0.1, -0.05) is 0 Å². The highest BCUT2D eigenvalue weighted by atomic mass is 32.2. The van der Waals surface area contributed by atoms with Gasteiger partial charge in [0.25, 0.3) is 0 Å². The molecule has 1 aliphatic rings. The van der Waals surface area contributed by atoms with E-state index in [4.69, 9.17) is 4.74 Å². The summed E-state index contributed by atoms with van der Waals surface area (Å²) in [6.45, 7) is 1.18. The number of piperidine rings is 1. The monoisotopic (exact) mass is 384 g/mol. The summed E-state index contributed by atoms with van der Waals surface area (Å²) in [6, 6.07) is 3.96. The van der Waals surface area contributed by atoms with Crippen LogP contribution in [0.1, 0.15) is 26.2 Å². The summed E-state index contributed by atoms with van der Waals surface area (Å²) in [7, 11) is -2.85. The van der Waals surface area contributed by atoms with Crippen molar-refractivity contribution >= 4 is 33.5 Å². The van der Waals surface area contributed by atoms with Gasteiger partial charge in [0.2, 0.25) is 21.8 Å². The molecule has 1 fully saturated rings. The van der Waals surface area contributed by atoms with Crippen LogP contribution in [0.2, 0.25) is 0 Å². The molecule has 2 rings (SSSR count). The minimum absolute atomic E-state index is 0.0158. The number of hydrogen-bond donors (Lipinski definition) is 1. The number of rotatable bonds is 7. The summed E-state index contributed by atoms with van der Waals surface area (Å²) in [5.74, 6) is -1.50. The second kappa shape index (κ2) is 8.28. The van der Waals surface area contributed by atoms with E-state index >= 15 is 0 Å². The van der Waals surface area contributed by atoms with Gasteiger partial charge in [0.1, 0.15) is 17.2 Å². The second-order valence-electron chi connectivity index (χ2n) is 5.44. The number of esters is 1. The summed E-state index contributed by atoms with van der Waals surface area (Å²) in [6.07, 6.45) is 0.887. The molecule has 0 atom stereocenters. The van der Waals surface area contributed by atoms with Crippen molar-refractivity contribution in [2.75, 3.05) is 25.2 Å². The fraction of sp³-hybridized carbons (Fsp3) is 0.438. The third kappa shape index (κ3) is 4.38. The Morgan fingerprint density at radius 3 is 2.46 bits per heavy atom. The van der Waals surface area contributed by atoms with E-state index in [1.165, 1.54) is 25.3 Å². The first-order valence-electron chi connectivity index (χ1n) is 7.99. The van der Waals surface area contributed by atoms with Gasteiger partial charge >= 0.3 is 5.97 Å². The number of carbonyl (C=O) groups is 3. The number of carbonyl (C=O) groups excluding carboxylic acids is 3. The molecular formula is C16H20N2O7S. The van der Waals surface area contributed by atoms with E-state index in [1.807, 2.05) is 0 Å². The number of sulfonamides is 1. The van der Waals surface area contributed by atoms with Crippen molar-refractivity contribution in [2.45, 2.75) is 31.1 Å². The zero-order chi connectivity index (χ0) is 19.3. The third-order valence-corrected chi connectivity index (χ3v) is 5.11. The van der Waals surface area contributed by atoms with Crippen LogP contribution < -0.4 is 14.4 Å². The minimum atomic E-state index is -4.14. The number of imide groups is 1. The summed E-state index contributed by atoms with van der Waals surface area (Å²) >= 11 is 0.